The van der Waals surface area contributed by atoms with E-state index in [1.807, 2.05) is 9.80 Å². The molecule has 126 valence electrons. The lowest BCUT2D eigenvalue weighted by Crippen LogP contribution is -2.52. The normalized spacial score (nSPS) is 18.7. The summed E-state index contributed by atoms with van der Waals surface area (Å²) in [5, 5.41) is 3.75. The van der Waals surface area contributed by atoms with Crippen LogP contribution in [0.1, 0.15) is 16.8 Å². The quantitative estimate of drug-likeness (QED) is 0.875. The minimum absolute atomic E-state index is 0. The molecule has 2 fully saturated rings. The van der Waals surface area contributed by atoms with E-state index in [9.17, 15) is 9.59 Å². The first-order valence-electron chi connectivity index (χ1n) is 7.69. The highest BCUT2D eigenvalue weighted by Gasteiger charge is 2.30. The number of carbonyl (C=O) groups is 2. The molecule has 2 aliphatic heterocycles. The van der Waals surface area contributed by atoms with Gasteiger partial charge < -0.3 is 15.1 Å². The number of hydrogen-bond donors (Lipinski definition) is 1. The van der Waals surface area contributed by atoms with Gasteiger partial charge in [-0.1, -0.05) is 11.6 Å². The molecule has 2 saturated heterocycles. The van der Waals surface area contributed by atoms with Crippen molar-refractivity contribution < 1.29 is 9.59 Å². The van der Waals surface area contributed by atoms with Crippen molar-refractivity contribution in [3.8, 4) is 0 Å². The fourth-order valence-corrected chi connectivity index (χ4v) is 2.96. The maximum atomic E-state index is 12.5. The lowest BCUT2D eigenvalue weighted by Gasteiger charge is -2.31. The third-order valence-corrected chi connectivity index (χ3v) is 4.57. The Bertz CT molecular complexity index is 561. The molecule has 0 saturated carbocycles. The zero-order chi connectivity index (χ0) is 15.5. The molecular formula is C16H21Cl2N3O2. The van der Waals surface area contributed by atoms with Crippen LogP contribution in [0.5, 0.6) is 0 Å². The maximum Gasteiger partial charge on any atom is 0.253 e. The van der Waals surface area contributed by atoms with E-state index in [4.69, 9.17) is 11.6 Å². The first-order chi connectivity index (χ1) is 10.6. The second kappa shape index (κ2) is 7.99. The van der Waals surface area contributed by atoms with E-state index in [-0.39, 0.29) is 30.1 Å². The molecular weight excluding hydrogens is 337 g/mol. The molecule has 5 nitrogen and oxygen atoms in total. The Balaban J connectivity index is 0.00000192. The van der Waals surface area contributed by atoms with Crippen LogP contribution in [0.3, 0.4) is 0 Å². The van der Waals surface area contributed by atoms with E-state index < -0.39 is 0 Å². The Morgan fingerprint density at radius 1 is 1.00 bits per heavy atom. The van der Waals surface area contributed by atoms with Gasteiger partial charge in [0.05, 0.1) is 5.92 Å². The van der Waals surface area contributed by atoms with E-state index in [1.165, 1.54) is 0 Å². The van der Waals surface area contributed by atoms with Gasteiger partial charge in [-0.25, -0.2) is 0 Å². The zero-order valence-electron chi connectivity index (χ0n) is 12.8. The van der Waals surface area contributed by atoms with Crippen LogP contribution in [0.15, 0.2) is 24.3 Å². The predicted octanol–water partition coefficient (Wildman–Crippen LogP) is 1.66. The van der Waals surface area contributed by atoms with Gasteiger partial charge in [0.2, 0.25) is 5.91 Å². The average Bonchev–Trinajstić information content (AvgIpc) is 2.71. The minimum Gasteiger partial charge on any atom is -0.341 e. The van der Waals surface area contributed by atoms with Crippen molar-refractivity contribution in [2.24, 2.45) is 5.92 Å². The molecule has 0 aliphatic carbocycles. The van der Waals surface area contributed by atoms with Crippen molar-refractivity contribution in [1.82, 2.24) is 15.1 Å². The van der Waals surface area contributed by atoms with Crippen molar-refractivity contribution in [3.63, 3.8) is 0 Å². The molecule has 1 N–H and O–H groups in total. The third-order valence-electron chi connectivity index (χ3n) is 4.32. The second-order valence-electron chi connectivity index (χ2n) is 5.83. The van der Waals surface area contributed by atoms with E-state index in [1.54, 1.807) is 24.3 Å². The monoisotopic (exact) mass is 357 g/mol. The van der Waals surface area contributed by atoms with Crippen molar-refractivity contribution in [2.75, 3.05) is 39.3 Å². The number of rotatable bonds is 2. The van der Waals surface area contributed by atoms with Crippen LogP contribution in [0.25, 0.3) is 0 Å². The largest absolute Gasteiger partial charge is 0.341 e. The maximum absolute atomic E-state index is 12.5. The summed E-state index contributed by atoms with van der Waals surface area (Å²) in [5.41, 5.74) is 0.646. The average molecular weight is 358 g/mol. The molecule has 0 spiro atoms. The standard InChI is InChI=1S/C16H20ClN3O2.ClH/c17-14-4-2-12(3-5-14)15(21)19-6-1-7-20(9-8-19)16(22)13-10-18-11-13;/h2-5,13,18H,1,6-11H2;1H. The second-order valence-corrected chi connectivity index (χ2v) is 6.27. The van der Waals surface area contributed by atoms with Crippen molar-refractivity contribution in [2.45, 2.75) is 6.42 Å². The van der Waals surface area contributed by atoms with E-state index in [0.29, 0.717) is 30.2 Å². The highest BCUT2D eigenvalue weighted by molar-refractivity contribution is 6.30. The number of nitrogens with one attached hydrogen (secondary N) is 1. The smallest absolute Gasteiger partial charge is 0.253 e. The number of amides is 2. The van der Waals surface area contributed by atoms with Gasteiger partial charge in [0.15, 0.2) is 0 Å². The summed E-state index contributed by atoms with van der Waals surface area (Å²) < 4.78 is 0. The van der Waals surface area contributed by atoms with Gasteiger partial charge in [0.1, 0.15) is 0 Å². The van der Waals surface area contributed by atoms with E-state index >= 15 is 0 Å². The molecule has 2 heterocycles. The summed E-state index contributed by atoms with van der Waals surface area (Å²) in [6.45, 7) is 4.20. The molecule has 0 atom stereocenters. The molecule has 2 amide bonds. The number of carbonyl (C=O) groups excluding carboxylic acids is 2. The van der Waals surface area contributed by atoms with Gasteiger partial charge in [-0.3, -0.25) is 9.59 Å². The van der Waals surface area contributed by atoms with Gasteiger partial charge in [0, 0.05) is 49.9 Å². The predicted molar refractivity (Wildman–Crippen MR) is 92.2 cm³/mol. The molecule has 1 aromatic carbocycles. The molecule has 3 rings (SSSR count). The fourth-order valence-electron chi connectivity index (χ4n) is 2.84. The summed E-state index contributed by atoms with van der Waals surface area (Å²) in [7, 11) is 0. The molecule has 7 heteroatoms. The van der Waals surface area contributed by atoms with E-state index in [2.05, 4.69) is 5.32 Å². The summed E-state index contributed by atoms with van der Waals surface area (Å²) in [6, 6.07) is 6.95. The Labute approximate surface area is 147 Å². The molecule has 0 aromatic heterocycles. The van der Waals surface area contributed by atoms with Crippen molar-refractivity contribution in [3.05, 3.63) is 34.9 Å². The number of benzene rings is 1. The van der Waals surface area contributed by atoms with Gasteiger partial charge in [-0.05, 0) is 30.7 Å². The van der Waals surface area contributed by atoms with Crippen molar-refractivity contribution in [1.29, 1.82) is 0 Å². The van der Waals surface area contributed by atoms with Crippen LogP contribution >= 0.6 is 24.0 Å². The van der Waals surface area contributed by atoms with E-state index in [0.717, 1.165) is 26.1 Å². The fraction of sp³-hybridized carbons (Fsp3) is 0.500. The van der Waals surface area contributed by atoms with Crippen LogP contribution in [-0.4, -0.2) is 60.9 Å². The first kappa shape index (κ1) is 18.0. The highest BCUT2D eigenvalue weighted by Crippen LogP contribution is 2.15. The molecule has 0 bridgehead atoms. The topological polar surface area (TPSA) is 52.7 Å². The Morgan fingerprint density at radius 3 is 2.22 bits per heavy atom. The van der Waals surface area contributed by atoms with Crippen molar-refractivity contribution >= 4 is 35.8 Å². The summed E-state index contributed by atoms with van der Waals surface area (Å²) in [4.78, 5) is 28.5. The molecule has 2 aliphatic rings. The van der Waals surface area contributed by atoms with Gasteiger partial charge in [0.25, 0.3) is 5.91 Å². The summed E-state index contributed by atoms with van der Waals surface area (Å²) in [6.07, 6.45) is 0.825. The lowest BCUT2D eigenvalue weighted by atomic mass is 10.0. The third kappa shape index (κ3) is 4.16. The summed E-state index contributed by atoms with van der Waals surface area (Å²) in [5.74, 6) is 0.356. The van der Waals surface area contributed by atoms with Crippen LogP contribution in [0.4, 0.5) is 0 Å². The Kier molecular flexibility index (Phi) is 6.27. The van der Waals surface area contributed by atoms with Gasteiger partial charge in [-0.2, -0.15) is 0 Å². The zero-order valence-corrected chi connectivity index (χ0v) is 14.4. The van der Waals surface area contributed by atoms with Gasteiger partial charge >= 0.3 is 0 Å². The lowest BCUT2D eigenvalue weighted by molar-refractivity contribution is -0.136. The van der Waals surface area contributed by atoms with Crippen LogP contribution in [0, 0.1) is 5.92 Å². The molecule has 1 aromatic rings. The molecule has 0 unspecified atom stereocenters. The summed E-state index contributed by atoms with van der Waals surface area (Å²) >= 11 is 5.86. The number of hydrogen-bond acceptors (Lipinski definition) is 3. The molecule has 23 heavy (non-hydrogen) atoms. The minimum atomic E-state index is 0. The van der Waals surface area contributed by atoms with Crippen LogP contribution in [-0.2, 0) is 4.79 Å². The van der Waals surface area contributed by atoms with Crippen LogP contribution < -0.4 is 5.32 Å². The SMILES string of the molecule is Cl.O=C(c1ccc(Cl)cc1)N1CCCN(C(=O)C2CNC2)CC1. The highest BCUT2D eigenvalue weighted by atomic mass is 35.5. The first-order valence-corrected chi connectivity index (χ1v) is 8.07. The van der Waals surface area contributed by atoms with Crippen LogP contribution in [0.2, 0.25) is 5.02 Å². The number of halogens is 2. The van der Waals surface area contributed by atoms with Gasteiger partial charge in [-0.15, -0.1) is 12.4 Å². The Morgan fingerprint density at radius 2 is 1.61 bits per heavy atom. The molecule has 0 radical (unpaired) electrons. The Hall–Kier alpha value is -1.30. The number of nitrogens with zero attached hydrogens (tertiary/aromatic N) is 2.